The van der Waals surface area contributed by atoms with Crippen molar-refractivity contribution in [3.05, 3.63) is 54.1 Å². The summed E-state index contributed by atoms with van der Waals surface area (Å²) in [5.74, 6) is 1.33. The zero-order chi connectivity index (χ0) is 22.1. The average molecular weight is 425 g/mol. The molecule has 6 nitrogen and oxygen atoms in total. The molecular weight excluding hydrogens is 392 g/mol. The number of likely N-dealkylation sites (tertiary alicyclic amines) is 1. The third-order valence-electron chi connectivity index (χ3n) is 5.51. The Morgan fingerprint density at radius 3 is 2.39 bits per heavy atom. The second kappa shape index (κ2) is 11.4. The van der Waals surface area contributed by atoms with Gasteiger partial charge in [0.15, 0.2) is 0 Å². The van der Waals surface area contributed by atoms with Gasteiger partial charge < -0.3 is 19.7 Å². The third-order valence-corrected chi connectivity index (χ3v) is 5.51. The highest BCUT2D eigenvalue weighted by Gasteiger charge is 2.27. The number of carbonyl (C=O) groups is 2. The van der Waals surface area contributed by atoms with Gasteiger partial charge in [0.2, 0.25) is 11.8 Å². The van der Waals surface area contributed by atoms with Crippen LogP contribution >= 0.6 is 0 Å². The van der Waals surface area contributed by atoms with Crippen molar-refractivity contribution in [3.63, 3.8) is 0 Å². The maximum absolute atomic E-state index is 12.9. The van der Waals surface area contributed by atoms with Crippen molar-refractivity contribution in [2.75, 3.05) is 31.6 Å². The first kappa shape index (κ1) is 22.7. The summed E-state index contributed by atoms with van der Waals surface area (Å²) in [5.41, 5.74) is 1.80. The van der Waals surface area contributed by atoms with E-state index in [0.29, 0.717) is 62.8 Å². The van der Waals surface area contributed by atoms with E-state index in [1.165, 1.54) is 5.56 Å². The zero-order valence-corrected chi connectivity index (χ0v) is 18.4. The minimum atomic E-state index is -0.122. The predicted molar refractivity (Wildman–Crippen MR) is 121 cm³/mol. The monoisotopic (exact) mass is 424 g/mol. The topological polar surface area (TPSA) is 67.9 Å². The minimum Gasteiger partial charge on any atom is -0.494 e. The molecule has 1 heterocycles. The van der Waals surface area contributed by atoms with Crippen LogP contribution in [0, 0.1) is 5.92 Å². The minimum absolute atomic E-state index is 0.0361. The van der Waals surface area contributed by atoms with E-state index in [1.807, 2.05) is 61.2 Å². The largest absolute Gasteiger partial charge is 0.494 e. The number of nitrogens with one attached hydrogen (secondary N) is 1. The smallest absolute Gasteiger partial charge is 0.227 e. The number of hydrogen-bond donors (Lipinski definition) is 1. The molecule has 0 aromatic heterocycles. The fraction of sp³-hybridized carbons (Fsp3) is 0.440. The Balaban J connectivity index is 1.52. The lowest BCUT2D eigenvalue weighted by molar-refractivity contribution is -0.134. The van der Waals surface area contributed by atoms with Crippen molar-refractivity contribution in [2.45, 2.75) is 39.5 Å². The number of piperidine rings is 1. The number of aryl methyl sites for hydroxylation is 1. The van der Waals surface area contributed by atoms with E-state index in [1.54, 1.807) is 6.07 Å². The summed E-state index contributed by atoms with van der Waals surface area (Å²) >= 11 is 0. The number of amides is 2. The number of rotatable bonds is 9. The molecule has 0 spiro atoms. The lowest BCUT2D eigenvalue weighted by atomic mass is 9.95. The van der Waals surface area contributed by atoms with Gasteiger partial charge in [-0.1, -0.05) is 30.3 Å². The summed E-state index contributed by atoms with van der Waals surface area (Å²) in [4.78, 5) is 27.3. The molecule has 2 amide bonds. The number of hydrogen-bond acceptors (Lipinski definition) is 4. The number of nitrogens with zero attached hydrogens (tertiary/aromatic N) is 1. The van der Waals surface area contributed by atoms with Crippen molar-refractivity contribution >= 4 is 17.5 Å². The van der Waals surface area contributed by atoms with Crippen LogP contribution in [-0.4, -0.2) is 43.0 Å². The van der Waals surface area contributed by atoms with Gasteiger partial charge in [-0.3, -0.25) is 9.59 Å². The van der Waals surface area contributed by atoms with E-state index in [2.05, 4.69) is 5.32 Å². The number of anilines is 1. The van der Waals surface area contributed by atoms with Crippen molar-refractivity contribution in [1.82, 2.24) is 4.90 Å². The highest BCUT2D eigenvalue weighted by Crippen LogP contribution is 2.31. The lowest BCUT2D eigenvalue weighted by Crippen LogP contribution is -2.41. The van der Waals surface area contributed by atoms with Gasteiger partial charge in [0.25, 0.3) is 0 Å². The molecule has 2 aromatic rings. The van der Waals surface area contributed by atoms with Crippen molar-refractivity contribution in [3.8, 4) is 11.5 Å². The Morgan fingerprint density at radius 2 is 1.71 bits per heavy atom. The van der Waals surface area contributed by atoms with E-state index < -0.39 is 0 Å². The molecule has 0 atom stereocenters. The normalized spacial score (nSPS) is 14.2. The summed E-state index contributed by atoms with van der Waals surface area (Å²) in [6.45, 7) is 6.13. The van der Waals surface area contributed by atoms with Crippen LogP contribution in [0.3, 0.4) is 0 Å². The first-order valence-corrected chi connectivity index (χ1v) is 11.1. The third kappa shape index (κ3) is 6.48. The molecular formula is C25H32N2O4. The van der Waals surface area contributed by atoms with Gasteiger partial charge in [-0.05, 0) is 50.8 Å². The second-order valence-corrected chi connectivity index (χ2v) is 7.65. The molecule has 1 N–H and O–H groups in total. The molecule has 3 rings (SSSR count). The van der Waals surface area contributed by atoms with Crippen molar-refractivity contribution < 1.29 is 19.1 Å². The molecule has 1 aliphatic heterocycles. The van der Waals surface area contributed by atoms with E-state index in [4.69, 9.17) is 9.47 Å². The Morgan fingerprint density at radius 1 is 1.00 bits per heavy atom. The standard InChI is InChI=1S/C25H32N2O4/c1-3-30-21-11-12-23(31-4-2)22(18-21)26-25(29)20-14-16-27(17-15-20)24(28)13-10-19-8-6-5-7-9-19/h5-9,11-12,18,20H,3-4,10,13-17H2,1-2H3,(H,26,29). The van der Waals surface area contributed by atoms with Crippen LogP contribution in [-0.2, 0) is 16.0 Å². The molecule has 31 heavy (non-hydrogen) atoms. The Hall–Kier alpha value is -3.02. The molecule has 0 unspecified atom stereocenters. The van der Waals surface area contributed by atoms with E-state index in [0.717, 1.165) is 6.42 Å². The van der Waals surface area contributed by atoms with Gasteiger partial charge in [-0.15, -0.1) is 0 Å². The summed E-state index contributed by atoms with van der Waals surface area (Å²) in [6, 6.07) is 15.5. The van der Waals surface area contributed by atoms with Crippen LogP contribution in [0.4, 0.5) is 5.69 Å². The Kier molecular flexibility index (Phi) is 8.33. The van der Waals surface area contributed by atoms with Crippen LogP contribution in [0.15, 0.2) is 48.5 Å². The van der Waals surface area contributed by atoms with Crippen LogP contribution in [0.2, 0.25) is 0 Å². The lowest BCUT2D eigenvalue weighted by Gasteiger charge is -2.31. The van der Waals surface area contributed by atoms with Crippen molar-refractivity contribution in [1.29, 1.82) is 0 Å². The highest BCUT2D eigenvalue weighted by molar-refractivity contribution is 5.94. The molecule has 6 heteroatoms. The van der Waals surface area contributed by atoms with E-state index in [9.17, 15) is 9.59 Å². The van der Waals surface area contributed by atoms with Gasteiger partial charge >= 0.3 is 0 Å². The first-order valence-electron chi connectivity index (χ1n) is 11.1. The van der Waals surface area contributed by atoms with Crippen molar-refractivity contribution in [2.24, 2.45) is 5.92 Å². The number of benzene rings is 2. The van der Waals surface area contributed by atoms with E-state index >= 15 is 0 Å². The van der Waals surface area contributed by atoms with Gasteiger partial charge in [-0.2, -0.15) is 0 Å². The fourth-order valence-corrected chi connectivity index (χ4v) is 3.82. The van der Waals surface area contributed by atoms with Crippen LogP contribution in [0.25, 0.3) is 0 Å². The van der Waals surface area contributed by atoms with Crippen LogP contribution in [0.5, 0.6) is 11.5 Å². The number of carbonyl (C=O) groups excluding carboxylic acids is 2. The fourth-order valence-electron chi connectivity index (χ4n) is 3.82. The SMILES string of the molecule is CCOc1ccc(OCC)c(NC(=O)C2CCN(C(=O)CCc3ccccc3)CC2)c1. The maximum atomic E-state index is 12.9. The molecule has 0 aliphatic carbocycles. The highest BCUT2D eigenvalue weighted by atomic mass is 16.5. The maximum Gasteiger partial charge on any atom is 0.227 e. The molecule has 166 valence electrons. The molecule has 1 saturated heterocycles. The summed E-state index contributed by atoms with van der Waals surface area (Å²) < 4.78 is 11.2. The molecule has 0 radical (unpaired) electrons. The molecule has 1 aliphatic rings. The van der Waals surface area contributed by atoms with E-state index in [-0.39, 0.29) is 17.7 Å². The van der Waals surface area contributed by atoms with Gasteiger partial charge in [0, 0.05) is 31.5 Å². The van der Waals surface area contributed by atoms with Gasteiger partial charge in [0.1, 0.15) is 11.5 Å². The second-order valence-electron chi connectivity index (χ2n) is 7.65. The molecule has 0 bridgehead atoms. The molecule has 1 fully saturated rings. The average Bonchev–Trinajstić information content (AvgIpc) is 2.80. The molecule has 0 saturated carbocycles. The quantitative estimate of drug-likeness (QED) is 0.652. The predicted octanol–water partition coefficient (Wildman–Crippen LogP) is 4.29. The van der Waals surface area contributed by atoms with Crippen LogP contribution < -0.4 is 14.8 Å². The Labute approximate surface area is 184 Å². The Bertz CT molecular complexity index is 861. The zero-order valence-electron chi connectivity index (χ0n) is 18.4. The van der Waals surface area contributed by atoms with Crippen LogP contribution in [0.1, 0.15) is 38.7 Å². The summed E-state index contributed by atoms with van der Waals surface area (Å²) in [6.07, 6.45) is 2.58. The van der Waals surface area contributed by atoms with Gasteiger partial charge in [0.05, 0.1) is 18.9 Å². The summed E-state index contributed by atoms with van der Waals surface area (Å²) in [7, 11) is 0. The number of ether oxygens (including phenoxy) is 2. The van der Waals surface area contributed by atoms with Gasteiger partial charge in [-0.25, -0.2) is 0 Å². The molecule has 2 aromatic carbocycles. The summed E-state index contributed by atoms with van der Waals surface area (Å²) in [5, 5.41) is 3.01. The first-order chi connectivity index (χ1) is 15.1.